The van der Waals surface area contributed by atoms with Crippen molar-refractivity contribution in [3.8, 4) is 17.2 Å². The monoisotopic (exact) mass is 416 g/mol. The molecule has 0 saturated heterocycles. The van der Waals surface area contributed by atoms with Crippen molar-refractivity contribution in [2.45, 2.75) is 19.8 Å². The number of aromatic carboxylic acids is 1. The summed E-state index contributed by atoms with van der Waals surface area (Å²) < 4.78 is 35.5. The van der Waals surface area contributed by atoms with Crippen LogP contribution in [-0.4, -0.2) is 31.6 Å². The van der Waals surface area contributed by atoms with Crippen molar-refractivity contribution in [2.24, 2.45) is 0 Å². The molecule has 0 amide bonds. The molecule has 3 rings (SSSR count). The van der Waals surface area contributed by atoms with Crippen LogP contribution >= 0.6 is 0 Å². The number of aromatic nitrogens is 1. The van der Waals surface area contributed by atoms with Crippen LogP contribution in [0.1, 0.15) is 35.7 Å². The maximum atomic E-state index is 12.0. The summed E-state index contributed by atoms with van der Waals surface area (Å²) in [5, 5.41) is 9.13. The molecule has 0 spiro atoms. The van der Waals surface area contributed by atoms with Gasteiger partial charge in [0, 0.05) is 5.56 Å². The van der Waals surface area contributed by atoms with Crippen LogP contribution in [0.5, 0.6) is 5.75 Å². The molecule has 0 saturated carbocycles. The number of carboxylic acid groups (broad SMARTS) is 1. The SMILES string of the molecule is COc1cc(C(=O)O)ccc1N(c1coc(-c2ccc(C(C)C)cc2)n1)[SH](=O)=O. The molecule has 1 aromatic heterocycles. The summed E-state index contributed by atoms with van der Waals surface area (Å²) in [5.74, 6) is -0.398. The molecule has 1 N–H and O–H groups in total. The fraction of sp³-hybridized carbons (Fsp3) is 0.200. The van der Waals surface area contributed by atoms with Crippen LogP contribution < -0.4 is 9.04 Å². The van der Waals surface area contributed by atoms with Gasteiger partial charge in [-0.05, 0) is 41.8 Å². The lowest BCUT2D eigenvalue weighted by Gasteiger charge is -2.17. The maximum absolute atomic E-state index is 12.0. The molecule has 0 aliphatic carbocycles. The molecule has 0 aliphatic rings. The number of ether oxygens (including phenoxy) is 1. The highest BCUT2D eigenvalue weighted by molar-refractivity contribution is 7.74. The molecule has 0 atom stereocenters. The third-order valence-electron chi connectivity index (χ3n) is 4.35. The van der Waals surface area contributed by atoms with Crippen molar-refractivity contribution in [1.29, 1.82) is 0 Å². The second-order valence-electron chi connectivity index (χ2n) is 6.53. The minimum absolute atomic E-state index is 0.0299. The lowest BCUT2D eigenvalue weighted by Crippen LogP contribution is -2.16. The quantitative estimate of drug-likeness (QED) is 0.563. The Bertz CT molecular complexity index is 1090. The molecule has 0 aliphatic heterocycles. The molecule has 1 heterocycles. The fourth-order valence-corrected chi connectivity index (χ4v) is 3.39. The summed E-state index contributed by atoms with van der Waals surface area (Å²) in [5.41, 5.74) is 1.96. The Morgan fingerprint density at radius 2 is 1.86 bits per heavy atom. The van der Waals surface area contributed by atoms with Crippen LogP contribution in [0.4, 0.5) is 11.5 Å². The molecule has 0 unspecified atom stereocenters. The molecular weight excluding hydrogens is 396 g/mol. The lowest BCUT2D eigenvalue weighted by molar-refractivity contribution is 0.0696. The smallest absolute Gasteiger partial charge is 0.335 e. The molecule has 3 aromatic rings. The lowest BCUT2D eigenvalue weighted by atomic mass is 10.0. The van der Waals surface area contributed by atoms with Crippen LogP contribution in [0.2, 0.25) is 0 Å². The Labute approximate surface area is 169 Å². The van der Waals surface area contributed by atoms with E-state index in [1.54, 1.807) is 0 Å². The summed E-state index contributed by atoms with van der Waals surface area (Å²) in [7, 11) is -1.82. The van der Waals surface area contributed by atoms with Gasteiger partial charge >= 0.3 is 5.97 Å². The zero-order valence-corrected chi connectivity index (χ0v) is 16.9. The molecular formula is C20H20N2O6S. The maximum Gasteiger partial charge on any atom is 0.335 e. The second-order valence-corrected chi connectivity index (χ2v) is 7.40. The number of oxazole rings is 1. The summed E-state index contributed by atoms with van der Waals surface area (Å²) in [4.78, 5) is 15.5. The van der Waals surface area contributed by atoms with Gasteiger partial charge in [-0.1, -0.05) is 26.0 Å². The highest BCUT2D eigenvalue weighted by Gasteiger charge is 2.22. The van der Waals surface area contributed by atoms with Crippen molar-refractivity contribution < 1.29 is 27.5 Å². The van der Waals surface area contributed by atoms with Crippen LogP contribution in [0.25, 0.3) is 11.5 Å². The number of anilines is 2. The molecule has 8 nitrogen and oxygen atoms in total. The van der Waals surface area contributed by atoms with Gasteiger partial charge in [0.25, 0.3) is 0 Å². The van der Waals surface area contributed by atoms with Crippen molar-refractivity contribution in [1.82, 2.24) is 4.98 Å². The standard InChI is InChI=1S/C20H20N2O6S/c1-12(2)13-4-6-14(7-5-13)19-21-18(11-28-19)22(29(25)26)16-9-8-15(20(23)24)10-17(16)27-3/h4-12,29H,1-3H3,(H,23,24). The summed E-state index contributed by atoms with van der Waals surface area (Å²) in [6, 6.07) is 11.5. The number of benzene rings is 2. The van der Waals surface area contributed by atoms with Crippen molar-refractivity contribution in [3.63, 3.8) is 0 Å². The number of methoxy groups -OCH3 is 1. The Morgan fingerprint density at radius 3 is 2.41 bits per heavy atom. The van der Waals surface area contributed by atoms with Gasteiger partial charge in [0.05, 0.1) is 12.7 Å². The third kappa shape index (κ3) is 4.24. The molecule has 9 heteroatoms. The van der Waals surface area contributed by atoms with Gasteiger partial charge in [-0.3, -0.25) is 0 Å². The molecule has 29 heavy (non-hydrogen) atoms. The Hall–Kier alpha value is -3.33. The number of hydrogen-bond donors (Lipinski definition) is 2. The molecule has 152 valence electrons. The predicted octanol–water partition coefficient (Wildman–Crippen LogP) is 3.84. The first-order valence-electron chi connectivity index (χ1n) is 8.73. The predicted molar refractivity (Wildman–Crippen MR) is 108 cm³/mol. The van der Waals surface area contributed by atoms with Gasteiger partial charge in [0.1, 0.15) is 17.7 Å². The zero-order valence-electron chi connectivity index (χ0n) is 16.0. The largest absolute Gasteiger partial charge is 0.495 e. The molecule has 0 radical (unpaired) electrons. The van der Waals surface area contributed by atoms with Crippen molar-refractivity contribution >= 4 is 28.4 Å². The average Bonchev–Trinajstić information content (AvgIpc) is 3.17. The van der Waals surface area contributed by atoms with E-state index in [4.69, 9.17) is 14.3 Å². The van der Waals surface area contributed by atoms with E-state index in [1.807, 2.05) is 24.3 Å². The van der Waals surface area contributed by atoms with E-state index in [1.165, 1.54) is 31.6 Å². The van der Waals surface area contributed by atoms with E-state index >= 15 is 0 Å². The topological polar surface area (TPSA) is 110 Å². The number of carbonyl (C=O) groups is 1. The highest BCUT2D eigenvalue weighted by Crippen LogP contribution is 2.35. The van der Waals surface area contributed by atoms with E-state index in [0.29, 0.717) is 11.5 Å². The Morgan fingerprint density at radius 1 is 1.17 bits per heavy atom. The van der Waals surface area contributed by atoms with Gasteiger partial charge in [0.2, 0.25) is 16.8 Å². The van der Waals surface area contributed by atoms with Gasteiger partial charge < -0.3 is 14.3 Å². The number of rotatable bonds is 7. The van der Waals surface area contributed by atoms with Crippen LogP contribution in [-0.2, 0) is 10.9 Å². The van der Waals surface area contributed by atoms with Gasteiger partial charge in [-0.15, -0.1) is 0 Å². The first-order chi connectivity index (χ1) is 13.8. The Kier molecular flexibility index (Phi) is 5.88. The molecule has 2 aromatic carbocycles. The normalized spacial score (nSPS) is 11.1. The minimum Gasteiger partial charge on any atom is -0.495 e. The minimum atomic E-state index is -3.15. The number of carboxylic acids is 1. The van der Waals surface area contributed by atoms with E-state index in [0.717, 1.165) is 9.87 Å². The molecule has 0 fully saturated rings. The van der Waals surface area contributed by atoms with E-state index in [2.05, 4.69) is 18.8 Å². The Balaban J connectivity index is 2.00. The third-order valence-corrected chi connectivity index (χ3v) is 5.10. The van der Waals surface area contributed by atoms with E-state index < -0.39 is 16.9 Å². The first kappa shape index (κ1) is 20.4. The van der Waals surface area contributed by atoms with Crippen molar-refractivity contribution in [2.75, 3.05) is 11.4 Å². The summed E-state index contributed by atoms with van der Waals surface area (Å²) in [6.45, 7) is 4.17. The van der Waals surface area contributed by atoms with E-state index in [9.17, 15) is 13.2 Å². The van der Waals surface area contributed by atoms with E-state index in [-0.39, 0.29) is 28.7 Å². The number of thiol groups is 1. The van der Waals surface area contributed by atoms with Gasteiger partial charge in [0.15, 0.2) is 5.82 Å². The van der Waals surface area contributed by atoms with Crippen LogP contribution in [0.3, 0.4) is 0 Å². The van der Waals surface area contributed by atoms with Crippen molar-refractivity contribution in [3.05, 3.63) is 59.9 Å². The zero-order chi connectivity index (χ0) is 21.1. The van der Waals surface area contributed by atoms with Gasteiger partial charge in [-0.25, -0.2) is 17.5 Å². The van der Waals surface area contributed by atoms with Crippen LogP contribution in [0, 0.1) is 0 Å². The summed E-state index contributed by atoms with van der Waals surface area (Å²) >= 11 is 0. The molecule has 0 bridgehead atoms. The fourth-order valence-electron chi connectivity index (χ4n) is 2.79. The summed E-state index contributed by atoms with van der Waals surface area (Å²) in [6.07, 6.45) is 1.22. The van der Waals surface area contributed by atoms with Gasteiger partial charge in [-0.2, -0.15) is 4.98 Å². The highest BCUT2D eigenvalue weighted by atomic mass is 32.2. The second kappa shape index (κ2) is 8.36. The van der Waals surface area contributed by atoms with Crippen LogP contribution in [0.15, 0.2) is 53.1 Å². The average molecular weight is 416 g/mol. The first-order valence-corrected chi connectivity index (χ1v) is 9.86. The number of hydrogen-bond acceptors (Lipinski definition) is 6. The number of nitrogens with zero attached hydrogens (tertiary/aromatic N) is 2.